The van der Waals surface area contributed by atoms with E-state index >= 15 is 0 Å². The summed E-state index contributed by atoms with van der Waals surface area (Å²) in [6.45, 7) is 4.28. The lowest BCUT2D eigenvalue weighted by Gasteiger charge is -2.08. The lowest BCUT2D eigenvalue weighted by Crippen LogP contribution is -2.02. The molecule has 0 aliphatic heterocycles. The van der Waals surface area contributed by atoms with Crippen molar-refractivity contribution in [2.45, 2.75) is 20.4 Å². The molecule has 0 spiro atoms. The van der Waals surface area contributed by atoms with Gasteiger partial charge in [-0.3, -0.25) is 0 Å². The molecule has 0 radical (unpaired) electrons. The van der Waals surface area contributed by atoms with Crippen LogP contribution in [0.25, 0.3) is 5.69 Å². The molecule has 0 fully saturated rings. The maximum Gasteiger partial charge on any atom is 0.245 e. The average Bonchev–Trinajstić information content (AvgIpc) is 3.08. The number of rotatable bonds is 4. The summed E-state index contributed by atoms with van der Waals surface area (Å²) in [4.78, 5) is 4.14. The fourth-order valence-corrected chi connectivity index (χ4v) is 1.88. The van der Waals surface area contributed by atoms with E-state index in [4.69, 9.17) is 4.52 Å². The number of nitrogens with zero attached hydrogens (tertiary/aromatic N) is 6. The van der Waals surface area contributed by atoms with E-state index < -0.39 is 0 Å². The van der Waals surface area contributed by atoms with Crippen LogP contribution in [0, 0.1) is 13.8 Å². The molecule has 102 valence electrons. The van der Waals surface area contributed by atoms with Gasteiger partial charge in [0.25, 0.3) is 0 Å². The van der Waals surface area contributed by atoms with Crippen molar-refractivity contribution in [3.05, 3.63) is 41.8 Å². The third kappa shape index (κ3) is 2.48. The zero-order chi connectivity index (χ0) is 13.9. The van der Waals surface area contributed by atoms with E-state index in [1.807, 2.05) is 25.1 Å². The van der Waals surface area contributed by atoms with Gasteiger partial charge in [0.2, 0.25) is 5.89 Å². The SMILES string of the molecule is Cc1noc(CNc2ccc(-n3cnnn3)c(C)c2)n1. The van der Waals surface area contributed by atoms with Crippen molar-refractivity contribution in [3.63, 3.8) is 0 Å². The van der Waals surface area contributed by atoms with E-state index in [2.05, 4.69) is 31.0 Å². The first kappa shape index (κ1) is 12.3. The van der Waals surface area contributed by atoms with E-state index in [1.54, 1.807) is 17.9 Å². The second-order valence-electron chi connectivity index (χ2n) is 4.34. The zero-order valence-corrected chi connectivity index (χ0v) is 11.1. The molecular formula is C12H13N7O. The van der Waals surface area contributed by atoms with Crippen molar-refractivity contribution in [3.8, 4) is 5.69 Å². The monoisotopic (exact) mass is 271 g/mol. The van der Waals surface area contributed by atoms with Gasteiger partial charge >= 0.3 is 0 Å². The lowest BCUT2D eigenvalue weighted by molar-refractivity contribution is 0.379. The number of nitrogens with one attached hydrogen (secondary N) is 1. The van der Waals surface area contributed by atoms with Crippen LogP contribution in [-0.2, 0) is 6.54 Å². The minimum Gasteiger partial charge on any atom is -0.376 e. The van der Waals surface area contributed by atoms with Crippen LogP contribution in [0.3, 0.4) is 0 Å². The molecule has 0 aliphatic carbocycles. The Hall–Kier alpha value is -2.77. The molecule has 20 heavy (non-hydrogen) atoms. The predicted octanol–water partition coefficient (Wildman–Crippen LogP) is 1.27. The van der Waals surface area contributed by atoms with Crippen LogP contribution < -0.4 is 5.32 Å². The highest BCUT2D eigenvalue weighted by Crippen LogP contribution is 2.18. The molecule has 0 atom stereocenters. The second kappa shape index (κ2) is 5.08. The van der Waals surface area contributed by atoms with Gasteiger partial charge in [0.1, 0.15) is 6.33 Å². The molecule has 0 bridgehead atoms. The van der Waals surface area contributed by atoms with Crippen molar-refractivity contribution in [2.75, 3.05) is 5.32 Å². The Bertz CT molecular complexity index is 704. The maximum atomic E-state index is 5.04. The predicted molar refractivity (Wildman–Crippen MR) is 70.3 cm³/mol. The summed E-state index contributed by atoms with van der Waals surface area (Å²) < 4.78 is 6.67. The van der Waals surface area contributed by atoms with Gasteiger partial charge in [0.05, 0.1) is 12.2 Å². The van der Waals surface area contributed by atoms with Gasteiger partial charge in [-0.2, -0.15) is 4.98 Å². The molecule has 0 amide bonds. The number of anilines is 1. The fraction of sp³-hybridized carbons (Fsp3) is 0.250. The molecule has 0 unspecified atom stereocenters. The summed E-state index contributed by atoms with van der Waals surface area (Å²) >= 11 is 0. The molecule has 0 saturated heterocycles. The number of hydrogen-bond acceptors (Lipinski definition) is 7. The minimum absolute atomic E-state index is 0.491. The molecule has 3 rings (SSSR count). The Morgan fingerprint density at radius 1 is 1.30 bits per heavy atom. The van der Waals surface area contributed by atoms with Crippen molar-refractivity contribution < 1.29 is 4.52 Å². The van der Waals surface area contributed by atoms with E-state index in [1.165, 1.54) is 0 Å². The minimum atomic E-state index is 0.491. The molecule has 8 heteroatoms. The number of benzene rings is 1. The Labute approximate surface area is 114 Å². The van der Waals surface area contributed by atoms with Gasteiger partial charge in [0.15, 0.2) is 5.82 Å². The van der Waals surface area contributed by atoms with Gasteiger partial charge in [0, 0.05) is 5.69 Å². The fourth-order valence-electron chi connectivity index (χ4n) is 1.88. The molecule has 8 nitrogen and oxygen atoms in total. The molecule has 3 aromatic rings. The second-order valence-corrected chi connectivity index (χ2v) is 4.34. The average molecular weight is 271 g/mol. The normalized spacial score (nSPS) is 10.7. The van der Waals surface area contributed by atoms with Crippen molar-refractivity contribution >= 4 is 5.69 Å². The van der Waals surface area contributed by atoms with Crippen LogP contribution in [0.15, 0.2) is 29.0 Å². The van der Waals surface area contributed by atoms with E-state index in [9.17, 15) is 0 Å². The summed E-state index contributed by atoms with van der Waals surface area (Å²) in [7, 11) is 0. The first-order valence-corrected chi connectivity index (χ1v) is 6.09. The van der Waals surface area contributed by atoms with Crippen LogP contribution in [0.4, 0.5) is 5.69 Å². The number of hydrogen-bond donors (Lipinski definition) is 1. The third-order valence-corrected chi connectivity index (χ3v) is 2.81. The molecule has 0 saturated carbocycles. The van der Waals surface area contributed by atoms with Crippen LogP contribution in [0.5, 0.6) is 0 Å². The number of aromatic nitrogens is 6. The molecule has 1 aromatic carbocycles. The highest BCUT2D eigenvalue weighted by atomic mass is 16.5. The van der Waals surface area contributed by atoms with Crippen molar-refractivity contribution in [1.82, 2.24) is 30.3 Å². The Morgan fingerprint density at radius 2 is 2.20 bits per heavy atom. The summed E-state index contributed by atoms with van der Waals surface area (Å²) in [6, 6.07) is 5.92. The summed E-state index contributed by atoms with van der Waals surface area (Å²) in [6.07, 6.45) is 1.57. The van der Waals surface area contributed by atoms with Crippen LogP contribution in [-0.4, -0.2) is 30.3 Å². The molecule has 2 heterocycles. The van der Waals surface area contributed by atoms with Gasteiger partial charge < -0.3 is 9.84 Å². The standard InChI is InChI=1S/C12H13N7O/c1-8-5-10(13-6-12-15-9(2)16-20-12)3-4-11(8)19-7-14-17-18-19/h3-5,7,13H,6H2,1-2H3. The highest BCUT2D eigenvalue weighted by Gasteiger charge is 2.05. The van der Waals surface area contributed by atoms with E-state index in [-0.39, 0.29) is 0 Å². The largest absolute Gasteiger partial charge is 0.376 e. The third-order valence-electron chi connectivity index (χ3n) is 2.81. The van der Waals surface area contributed by atoms with Crippen LogP contribution in [0.2, 0.25) is 0 Å². The summed E-state index contributed by atoms with van der Waals surface area (Å²) in [5, 5.41) is 18.1. The molecular weight excluding hydrogens is 258 g/mol. The quantitative estimate of drug-likeness (QED) is 0.763. The first-order valence-electron chi connectivity index (χ1n) is 6.09. The number of aryl methyl sites for hydroxylation is 2. The zero-order valence-electron chi connectivity index (χ0n) is 11.1. The highest BCUT2D eigenvalue weighted by molar-refractivity contribution is 5.53. The molecule has 1 N–H and O–H groups in total. The molecule has 2 aromatic heterocycles. The van der Waals surface area contributed by atoms with E-state index in [0.29, 0.717) is 18.3 Å². The maximum absolute atomic E-state index is 5.04. The molecule has 0 aliphatic rings. The Kier molecular flexibility index (Phi) is 3.12. The lowest BCUT2D eigenvalue weighted by atomic mass is 10.2. The Balaban J connectivity index is 1.74. The van der Waals surface area contributed by atoms with Crippen molar-refractivity contribution in [2.24, 2.45) is 0 Å². The van der Waals surface area contributed by atoms with Crippen LogP contribution in [0.1, 0.15) is 17.3 Å². The summed E-state index contributed by atoms with van der Waals surface area (Å²) in [5.41, 5.74) is 2.97. The topological polar surface area (TPSA) is 94.6 Å². The van der Waals surface area contributed by atoms with Crippen molar-refractivity contribution in [1.29, 1.82) is 0 Å². The van der Waals surface area contributed by atoms with Gasteiger partial charge in [-0.25, -0.2) is 4.68 Å². The first-order chi connectivity index (χ1) is 9.72. The van der Waals surface area contributed by atoms with E-state index in [0.717, 1.165) is 16.9 Å². The van der Waals surface area contributed by atoms with Gasteiger partial charge in [-0.1, -0.05) is 5.16 Å². The smallest absolute Gasteiger partial charge is 0.245 e. The van der Waals surface area contributed by atoms with Gasteiger partial charge in [-0.15, -0.1) is 5.10 Å². The summed E-state index contributed by atoms with van der Waals surface area (Å²) in [5.74, 6) is 1.19. The van der Waals surface area contributed by atoms with Gasteiger partial charge in [-0.05, 0) is 48.0 Å². The van der Waals surface area contributed by atoms with Crippen LogP contribution >= 0.6 is 0 Å². The Morgan fingerprint density at radius 3 is 2.85 bits per heavy atom. The number of tetrazole rings is 1.